The van der Waals surface area contributed by atoms with Gasteiger partial charge in [0.05, 0.1) is 52.9 Å². The summed E-state index contributed by atoms with van der Waals surface area (Å²) >= 11 is 0. The number of unbranched alkanes of at least 4 members (excludes halogenated alkanes) is 2. The number of aliphatic hydroxyl groups excluding tert-OH is 26. The van der Waals surface area contributed by atoms with Gasteiger partial charge in [0.25, 0.3) is 0 Å². The first-order valence-electron chi connectivity index (χ1n) is 35.8. The van der Waals surface area contributed by atoms with Crippen molar-refractivity contribution in [3.63, 3.8) is 0 Å². The Morgan fingerprint density at radius 2 is 0.582 bits per heavy atom. The van der Waals surface area contributed by atoms with E-state index in [1.54, 1.807) is 0 Å². The molecule has 48 nitrogen and oxygen atoms in total. The molecular formula is C62H104N2O46. The fourth-order valence-corrected chi connectivity index (χ4v) is 14.6. The SMILES string of the molecule is CC(=O)N[C@H]1[C@H](OCCCCCC(=O)NC[C@H]2O[C@@H]3O[C@H]4[C@H](O)[C@@H](O)[C@@H](O[C@H]5[C@H](O)[C@@H](O)[C@@H](O[C@H]6[C@H](O)[C@@H](O)[C@@H](O[C@H]7[C@H](O)[C@@H](O)[C@@H](O[C@H]8[C@H](O)[C@@H](O)[C@@H](O[C@H]9[C@H](O)[C@@H](O)[C@@H](O[C@H]2[C@H](O)[C@H]3O)O[C@@H]9CO)O[C@@H]8CO)O[C@@H]7CO)O[C@@H]6CO)O[C@@H]5CO)O[C@@H]4CO)O[C@H](CO)[C@@H](O[C@@H]2O[C@H](CO)[C@H](O)[C@H](O)[C@H]2O)[C@@H]1O. The highest BCUT2D eigenvalue weighted by atomic mass is 16.8. The molecule has 0 saturated carbocycles. The van der Waals surface area contributed by atoms with Gasteiger partial charge in [0.1, 0.15) is 220 Å². The third-order valence-corrected chi connectivity index (χ3v) is 20.8. The van der Waals surface area contributed by atoms with Crippen LogP contribution in [0.4, 0.5) is 0 Å². The molecule has 23 heterocycles. The lowest BCUT2D eigenvalue weighted by Crippen LogP contribution is -2.68. The Morgan fingerprint density at radius 1 is 0.291 bits per heavy atom. The Labute approximate surface area is 623 Å². The monoisotopic (exact) mass is 1610 g/mol. The molecule has 0 aromatic rings. The van der Waals surface area contributed by atoms with Crippen LogP contribution in [-0.2, 0) is 94.9 Å². The van der Waals surface area contributed by atoms with Crippen LogP contribution in [0, 0.1) is 0 Å². The predicted molar refractivity (Wildman–Crippen MR) is 337 cm³/mol. The quantitative estimate of drug-likeness (QED) is 0.0503. The van der Waals surface area contributed by atoms with Crippen LogP contribution in [0.1, 0.15) is 32.6 Å². The van der Waals surface area contributed by atoms with Crippen LogP contribution in [0.2, 0.25) is 0 Å². The maximum absolute atomic E-state index is 13.7. The molecule has 2 amide bonds. The van der Waals surface area contributed by atoms with E-state index >= 15 is 0 Å². The van der Waals surface area contributed by atoms with Crippen molar-refractivity contribution in [3.8, 4) is 0 Å². The summed E-state index contributed by atoms with van der Waals surface area (Å²) in [5.74, 6) is -1.42. The number of ether oxygens (including phenoxy) is 18. The summed E-state index contributed by atoms with van der Waals surface area (Å²) in [6.45, 7) is -8.11. The molecule has 0 aromatic heterocycles. The highest BCUT2D eigenvalue weighted by Gasteiger charge is 2.61. The number of hydrogen-bond donors (Lipinski definition) is 28. The summed E-state index contributed by atoms with van der Waals surface area (Å²) in [4.78, 5) is 26.0. The lowest BCUT2D eigenvalue weighted by molar-refractivity contribution is -0.396. The standard InChI is InChI=1S/C62H104N2O46/c1-16(73)64-27-29(76)47(104-55-38(85)30(77)28(75)18(8-65)95-55)19(9-66)96-54(27)93-6-4-2-3-5-26(74)63-7-17-46-31(78)39(86)56(94-17)105-48-20(10-67)98-58(41(88)33(48)80)107-50-22(12-69)100-60(43(90)35(50)82)109-52-24(14-71)102-62(45(92)37(52)84)110-53-25(15-72)101-61(44(91)36(53)83)108-51-23(13-70)99-59(42(89)34(51)81)106-49-21(11-68)97-57(103-46)40(87)32(49)79/h17-25,27-62,65-72,75-92H,2-15H2,1H3,(H,63,74)(H,64,73)/t17-,18-,19-,20-,21-,22-,23-,24-,25-,27-,28+,29-,30+,31-,32-,33-,34-,35-,36-,37-,38-,39-,40-,41-,42-,43-,44-,45-,46-,47-,48-,49-,50-,51-,52-,53-,54-,55+,56-,57-,58-,59-,60-,61-,62-/m1/s1. The molecule has 0 unspecified atom stereocenters. The molecular weight excluding hydrogens is 1510 g/mol. The Hall–Kier alpha value is -2.82. The normalized spacial score (nSPS) is 50.7. The molecule has 23 fully saturated rings. The van der Waals surface area contributed by atoms with Crippen LogP contribution in [0.5, 0.6) is 0 Å². The van der Waals surface area contributed by atoms with Crippen molar-refractivity contribution < 1.29 is 228 Å². The van der Waals surface area contributed by atoms with Crippen molar-refractivity contribution in [1.82, 2.24) is 10.6 Å². The van der Waals surface area contributed by atoms with Crippen LogP contribution < -0.4 is 10.6 Å². The van der Waals surface area contributed by atoms with Gasteiger partial charge in [-0.1, -0.05) is 6.42 Å². The summed E-state index contributed by atoms with van der Waals surface area (Å²) < 4.78 is 104. The smallest absolute Gasteiger partial charge is 0.220 e. The Morgan fingerprint density at radius 3 is 0.882 bits per heavy atom. The van der Waals surface area contributed by atoms with Crippen molar-refractivity contribution in [1.29, 1.82) is 0 Å². The van der Waals surface area contributed by atoms with Crippen LogP contribution in [-0.4, -0.2) is 487 Å². The van der Waals surface area contributed by atoms with Crippen LogP contribution >= 0.6 is 0 Å². The molecule has 0 spiro atoms. The van der Waals surface area contributed by atoms with E-state index in [0.717, 1.165) is 6.92 Å². The average Bonchev–Trinajstić information content (AvgIpc) is 0.780. The zero-order valence-electron chi connectivity index (χ0n) is 58.7. The molecule has 23 aliphatic rings. The Bertz CT molecular complexity index is 2810. The summed E-state index contributed by atoms with van der Waals surface area (Å²) in [7, 11) is 0. The van der Waals surface area contributed by atoms with Crippen molar-refractivity contribution in [3.05, 3.63) is 0 Å². The lowest BCUT2D eigenvalue weighted by atomic mass is 9.95. The van der Waals surface area contributed by atoms with E-state index < -0.39 is 348 Å². The number of nitrogens with one attached hydrogen (secondary N) is 2. The first-order valence-corrected chi connectivity index (χ1v) is 35.8. The van der Waals surface area contributed by atoms with Gasteiger partial charge in [0, 0.05) is 26.5 Å². The van der Waals surface area contributed by atoms with Gasteiger partial charge in [-0.15, -0.1) is 0 Å². The number of amides is 2. The highest BCUT2D eigenvalue weighted by Crippen LogP contribution is 2.40. The van der Waals surface area contributed by atoms with Gasteiger partial charge in [-0.05, 0) is 12.8 Å². The average molecular weight is 1610 g/mol. The highest BCUT2D eigenvalue weighted by molar-refractivity contribution is 5.75. The van der Waals surface area contributed by atoms with E-state index in [2.05, 4.69) is 10.6 Å². The van der Waals surface area contributed by atoms with E-state index in [9.17, 15) is 142 Å². The van der Waals surface area contributed by atoms with Crippen molar-refractivity contribution in [2.24, 2.45) is 0 Å². The minimum absolute atomic E-state index is 0.0953. The number of rotatable bonds is 20. The second-order valence-corrected chi connectivity index (χ2v) is 28.2. The largest absolute Gasteiger partial charge is 0.394 e. The van der Waals surface area contributed by atoms with Crippen molar-refractivity contribution in [2.75, 3.05) is 66.0 Å². The van der Waals surface area contributed by atoms with Crippen LogP contribution in [0.25, 0.3) is 0 Å². The van der Waals surface area contributed by atoms with Gasteiger partial charge in [-0.25, -0.2) is 0 Å². The van der Waals surface area contributed by atoms with E-state index in [1.807, 2.05) is 0 Å². The molecule has 0 aliphatic carbocycles. The molecule has 0 aromatic carbocycles. The number of hydrogen-bond acceptors (Lipinski definition) is 46. The molecule has 14 bridgehead atoms. The maximum Gasteiger partial charge on any atom is 0.220 e. The molecule has 28 N–H and O–H groups in total. The second kappa shape index (κ2) is 39.6. The number of carbonyl (C=O) groups is 2. The summed E-state index contributed by atoms with van der Waals surface area (Å²) in [6, 6.07) is -1.41. The Kier molecular flexibility index (Phi) is 32.2. The zero-order valence-corrected chi connectivity index (χ0v) is 58.7. The summed E-state index contributed by atoms with van der Waals surface area (Å²) in [5, 5.41) is 293. The molecule has 23 aliphatic heterocycles. The fraction of sp³-hybridized carbons (Fsp3) is 0.968. The fourth-order valence-electron chi connectivity index (χ4n) is 14.6. The summed E-state index contributed by atoms with van der Waals surface area (Å²) in [6.07, 6.45) is -88.1. The van der Waals surface area contributed by atoms with Crippen LogP contribution in [0.15, 0.2) is 0 Å². The second-order valence-electron chi connectivity index (χ2n) is 28.2. The molecule has 23 rings (SSSR count). The van der Waals surface area contributed by atoms with Crippen molar-refractivity contribution in [2.45, 2.75) is 309 Å². The number of carbonyl (C=O) groups excluding carboxylic acids is 2. The molecule has 23 saturated heterocycles. The Balaban J connectivity index is 0.855. The molecule has 638 valence electrons. The van der Waals surface area contributed by atoms with Gasteiger partial charge in [0.2, 0.25) is 11.8 Å². The zero-order chi connectivity index (χ0) is 80.2. The van der Waals surface area contributed by atoms with E-state index in [0.29, 0.717) is 0 Å². The van der Waals surface area contributed by atoms with Crippen molar-refractivity contribution >= 4 is 11.8 Å². The van der Waals surface area contributed by atoms with Gasteiger partial charge < -0.3 is 229 Å². The minimum atomic E-state index is -2.34. The van der Waals surface area contributed by atoms with Gasteiger partial charge >= 0.3 is 0 Å². The topological polar surface area (TPSA) is 750 Å². The first kappa shape index (κ1) is 89.5. The molecule has 110 heavy (non-hydrogen) atoms. The predicted octanol–water partition coefficient (Wildman–Crippen LogP) is -18.8. The molecule has 45 atom stereocenters. The van der Waals surface area contributed by atoms with Gasteiger partial charge in [-0.3, -0.25) is 9.59 Å². The molecule has 48 heteroatoms. The van der Waals surface area contributed by atoms with E-state index in [1.165, 1.54) is 0 Å². The van der Waals surface area contributed by atoms with E-state index in [4.69, 9.17) is 85.3 Å². The lowest BCUT2D eigenvalue weighted by Gasteiger charge is -2.50. The van der Waals surface area contributed by atoms with Crippen LogP contribution in [0.3, 0.4) is 0 Å². The first-order chi connectivity index (χ1) is 52.4. The van der Waals surface area contributed by atoms with E-state index in [-0.39, 0.29) is 32.3 Å². The maximum atomic E-state index is 13.7. The molecule has 0 radical (unpaired) electrons. The summed E-state index contributed by atoms with van der Waals surface area (Å²) in [5.41, 5.74) is 0. The van der Waals surface area contributed by atoms with Gasteiger partial charge in [0.15, 0.2) is 56.6 Å². The number of aliphatic hydroxyl groups is 26. The van der Waals surface area contributed by atoms with Gasteiger partial charge in [-0.2, -0.15) is 0 Å². The minimum Gasteiger partial charge on any atom is -0.394 e. The third kappa shape index (κ3) is 19.3. The third-order valence-electron chi connectivity index (χ3n) is 20.8.